The van der Waals surface area contributed by atoms with Gasteiger partial charge in [0.15, 0.2) is 0 Å². The predicted molar refractivity (Wildman–Crippen MR) is 64.6 cm³/mol. The Kier molecular flexibility index (Phi) is 13.6. The van der Waals surface area contributed by atoms with E-state index in [-0.39, 0.29) is 6.61 Å². The van der Waals surface area contributed by atoms with Crippen LogP contribution in [0.1, 0.15) is 38.3 Å². The molecule has 0 aromatic heterocycles. The first-order valence-corrected chi connectivity index (χ1v) is 5.26. The van der Waals surface area contributed by atoms with E-state index in [1.807, 2.05) is 0 Å². The van der Waals surface area contributed by atoms with Crippen molar-refractivity contribution in [3.8, 4) is 0 Å². The van der Waals surface area contributed by atoms with Gasteiger partial charge in [-0.3, -0.25) is 0 Å². The molecule has 0 aliphatic carbocycles. The molecule has 0 aliphatic rings. The number of rotatable bonds is 0. The summed E-state index contributed by atoms with van der Waals surface area (Å²) in [6.07, 6.45) is 1.25. The zero-order chi connectivity index (χ0) is 11.4. The maximum absolute atomic E-state index is 7.57. The molecular formula is C13H24O. The highest BCUT2D eigenvalue weighted by atomic mass is 16.2. The van der Waals surface area contributed by atoms with Gasteiger partial charge in [-0.15, -0.1) is 0 Å². The highest BCUT2D eigenvalue weighted by Gasteiger charge is 1.79. The molecule has 0 fully saturated rings. The SMILES string of the molecule is CCC.CCO.Cc1ccc(C)cc1. The van der Waals surface area contributed by atoms with Crippen LogP contribution in [-0.2, 0) is 0 Å². The van der Waals surface area contributed by atoms with Gasteiger partial charge < -0.3 is 5.11 Å². The topological polar surface area (TPSA) is 20.2 Å². The molecule has 0 spiro atoms. The Hall–Kier alpha value is -0.820. The van der Waals surface area contributed by atoms with Crippen LogP contribution in [0.3, 0.4) is 0 Å². The maximum atomic E-state index is 7.57. The van der Waals surface area contributed by atoms with Gasteiger partial charge in [0.25, 0.3) is 0 Å². The van der Waals surface area contributed by atoms with Crippen LogP contribution in [0.2, 0.25) is 0 Å². The van der Waals surface area contributed by atoms with Gasteiger partial charge in [0.05, 0.1) is 0 Å². The third-order valence-electron chi connectivity index (χ3n) is 1.22. The first-order valence-electron chi connectivity index (χ1n) is 5.26. The maximum Gasteiger partial charge on any atom is 0.0402 e. The number of hydrogen-bond donors (Lipinski definition) is 1. The Morgan fingerprint density at radius 1 is 0.857 bits per heavy atom. The Bertz CT molecular complexity index is 166. The average molecular weight is 196 g/mol. The molecule has 1 rings (SSSR count). The van der Waals surface area contributed by atoms with E-state index < -0.39 is 0 Å². The molecule has 1 aromatic carbocycles. The molecule has 0 amide bonds. The standard InChI is InChI=1S/C8H10.C3H8.C2H6O/c1-7-3-5-8(2)6-4-7;1-3-2;1-2-3/h3-6H,1-2H3;3H2,1-2H3;3H,2H2,1H3. The van der Waals surface area contributed by atoms with Crippen molar-refractivity contribution < 1.29 is 5.11 Å². The molecule has 14 heavy (non-hydrogen) atoms. The van der Waals surface area contributed by atoms with E-state index in [9.17, 15) is 0 Å². The second-order valence-electron chi connectivity index (χ2n) is 3.18. The lowest BCUT2D eigenvalue weighted by Crippen LogP contribution is -1.70. The highest BCUT2D eigenvalue weighted by Crippen LogP contribution is 1.99. The van der Waals surface area contributed by atoms with E-state index in [0.717, 1.165) is 0 Å². The Morgan fingerprint density at radius 3 is 1.14 bits per heavy atom. The number of aryl methyl sites for hydroxylation is 2. The second kappa shape index (κ2) is 12.2. The quantitative estimate of drug-likeness (QED) is 0.670. The van der Waals surface area contributed by atoms with E-state index in [1.165, 1.54) is 17.5 Å². The zero-order valence-corrected chi connectivity index (χ0v) is 10.2. The van der Waals surface area contributed by atoms with Gasteiger partial charge in [0, 0.05) is 6.61 Å². The highest BCUT2D eigenvalue weighted by molar-refractivity contribution is 5.19. The van der Waals surface area contributed by atoms with Gasteiger partial charge in [-0.05, 0) is 20.8 Å². The van der Waals surface area contributed by atoms with Crippen molar-refractivity contribution in [3.63, 3.8) is 0 Å². The van der Waals surface area contributed by atoms with Crippen molar-refractivity contribution in [1.82, 2.24) is 0 Å². The van der Waals surface area contributed by atoms with Crippen molar-refractivity contribution in [2.24, 2.45) is 0 Å². The second-order valence-corrected chi connectivity index (χ2v) is 3.18. The molecule has 1 nitrogen and oxygen atoms in total. The van der Waals surface area contributed by atoms with Crippen LogP contribution in [0.25, 0.3) is 0 Å². The summed E-state index contributed by atoms with van der Waals surface area (Å²) in [5.74, 6) is 0. The summed E-state index contributed by atoms with van der Waals surface area (Å²) >= 11 is 0. The van der Waals surface area contributed by atoms with Crippen LogP contribution in [0.5, 0.6) is 0 Å². The molecule has 0 saturated carbocycles. The lowest BCUT2D eigenvalue weighted by Gasteiger charge is -1.90. The molecule has 1 N–H and O–H groups in total. The summed E-state index contributed by atoms with van der Waals surface area (Å²) in [6.45, 7) is 10.4. The van der Waals surface area contributed by atoms with Crippen LogP contribution in [0.4, 0.5) is 0 Å². The van der Waals surface area contributed by atoms with Crippen molar-refractivity contribution in [1.29, 1.82) is 0 Å². The summed E-state index contributed by atoms with van der Waals surface area (Å²) in [7, 11) is 0. The molecule has 0 aliphatic heterocycles. The number of hydrogen-bond acceptors (Lipinski definition) is 1. The minimum atomic E-state index is 0.250. The van der Waals surface area contributed by atoms with Crippen molar-refractivity contribution in [2.45, 2.75) is 41.0 Å². The largest absolute Gasteiger partial charge is 0.397 e. The monoisotopic (exact) mass is 196 g/mol. The first-order chi connectivity index (χ1) is 6.62. The van der Waals surface area contributed by atoms with Crippen molar-refractivity contribution >= 4 is 0 Å². The minimum absolute atomic E-state index is 0.250. The van der Waals surface area contributed by atoms with Crippen LogP contribution >= 0.6 is 0 Å². The summed E-state index contributed by atoms with van der Waals surface area (Å²) in [5.41, 5.74) is 2.66. The minimum Gasteiger partial charge on any atom is -0.397 e. The molecule has 0 saturated heterocycles. The smallest absolute Gasteiger partial charge is 0.0402 e. The van der Waals surface area contributed by atoms with Crippen molar-refractivity contribution in [2.75, 3.05) is 6.61 Å². The fraction of sp³-hybridized carbons (Fsp3) is 0.538. The number of aliphatic hydroxyl groups is 1. The third-order valence-corrected chi connectivity index (χ3v) is 1.22. The van der Waals surface area contributed by atoms with Crippen LogP contribution in [0.15, 0.2) is 24.3 Å². The van der Waals surface area contributed by atoms with Crippen LogP contribution in [0, 0.1) is 13.8 Å². The molecule has 0 atom stereocenters. The van der Waals surface area contributed by atoms with E-state index >= 15 is 0 Å². The summed E-state index contributed by atoms with van der Waals surface area (Å²) in [5, 5.41) is 7.57. The molecule has 0 bridgehead atoms. The molecule has 0 radical (unpaired) electrons. The molecule has 0 unspecified atom stereocenters. The fourth-order valence-electron chi connectivity index (χ4n) is 0.637. The third kappa shape index (κ3) is 13.7. The summed E-state index contributed by atoms with van der Waals surface area (Å²) in [4.78, 5) is 0. The Morgan fingerprint density at radius 2 is 1.00 bits per heavy atom. The van der Waals surface area contributed by atoms with Gasteiger partial charge in [0.1, 0.15) is 0 Å². The lowest BCUT2D eigenvalue weighted by atomic mass is 10.2. The van der Waals surface area contributed by atoms with E-state index in [0.29, 0.717) is 0 Å². The van der Waals surface area contributed by atoms with Crippen LogP contribution in [-0.4, -0.2) is 11.7 Å². The zero-order valence-electron chi connectivity index (χ0n) is 10.2. The Balaban J connectivity index is 0. The van der Waals surface area contributed by atoms with Gasteiger partial charge in [-0.1, -0.05) is 55.7 Å². The first kappa shape index (κ1) is 15.6. The lowest BCUT2D eigenvalue weighted by molar-refractivity contribution is 0.318. The van der Waals surface area contributed by atoms with E-state index in [2.05, 4.69) is 52.0 Å². The van der Waals surface area contributed by atoms with Gasteiger partial charge in [-0.2, -0.15) is 0 Å². The molecular weight excluding hydrogens is 172 g/mol. The molecule has 1 aromatic rings. The van der Waals surface area contributed by atoms with Crippen LogP contribution < -0.4 is 0 Å². The number of benzene rings is 1. The van der Waals surface area contributed by atoms with Gasteiger partial charge in [0.2, 0.25) is 0 Å². The summed E-state index contributed by atoms with van der Waals surface area (Å²) < 4.78 is 0. The molecule has 1 heteroatoms. The molecule has 0 heterocycles. The van der Waals surface area contributed by atoms with Crippen molar-refractivity contribution in [3.05, 3.63) is 35.4 Å². The number of aliphatic hydroxyl groups excluding tert-OH is 1. The average Bonchev–Trinajstić information content (AvgIpc) is 2.13. The predicted octanol–water partition coefficient (Wildman–Crippen LogP) is 3.72. The van der Waals surface area contributed by atoms with Gasteiger partial charge >= 0.3 is 0 Å². The summed E-state index contributed by atoms with van der Waals surface area (Å²) in [6, 6.07) is 8.48. The van der Waals surface area contributed by atoms with E-state index in [4.69, 9.17) is 5.11 Å². The van der Waals surface area contributed by atoms with E-state index in [1.54, 1.807) is 6.92 Å². The normalized spacial score (nSPS) is 7.86. The molecule has 82 valence electrons. The van der Waals surface area contributed by atoms with Gasteiger partial charge in [-0.25, -0.2) is 0 Å². The fourth-order valence-corrected chi connectivity index (χ4v) is 0.637. The Labute approximate surface area is 88.8 Å².